The summed E-state index contributed by atoms with van der Waals surface area (Å²) in [7, 11) is 0. The van der Waals surface area contributed by atoms with Gasteiger partial charge in [-0.1, -0.05) is 60.3 Å². The average molecular weight is 356 g/mol. The molecule has 1 fully saturated rings. The molecule has 1 aliphatic carbocycles. The fourth-order valence-electron chi connectivity index (χ4n) is 4.35. The van der Waals surface area contributed by atoms with Crippen LogP contribution in [0.1, 0.15) is 86.0 Å². The number of hydrogen-bond donors (Lipinski definition) is 1. The van der Waals surface area contributed by atoms with Crippen LogP contribution in [0, 0.1) is 16.7 Å². The van der Waals surface area contributed by atoms with E-state index in [-0.39, 0.29) is 11.6 Å². The zero-order valence-electron chi connectivity index (χ0n) is 17.2. The lowest BCUT2D eigenvalue weighted by atomic mass is 9.63. The first kappa shape index (κ1) is 22.4. The highest BCUT2D eigenvalue weighted by atomic mass is 16.5. The summed E-state index contributed by atoms with van der Waals surface area (Å²) in [6.07, 6.45) is 10.1. The van der Waals surface area contributed by atoms with E-state index in [0.29, 0.717) is 24.5 Å². The lowest BCUT2D eigenvalue weighted by Crippen LogP contribution is -2.49. The summed E-state index contributed by atoms with van der Waals surface area (Å²) < 4.78 is 11.9. The molecule has 0 spiro atoms. The van der Waals surface area contributed by atoms with Crippen LogP contribution in [0.4, 0.5) is 0 Å². The van der Waals surface area contributed by atoms with Gasteiger partial charge >= 0.3 is 0 Å². The highest BCUT2D eigenvalue weighted by molar-refractivity contribution is 5.46. The van der Waals surface area contributed by atoms with E-state index in [1.54, 1.807) is 0 Å². The van der Waals surface area contributed by atoms with Crippen molar-refractivity contribution in [1.29, 1.82) is 0 Å². The normalized spacial score (nSPS) is 25.3. The second-order valence-electron chi connectivity index (χ2n) is 8.88. The van der Waals surface area contributed by atoms with Crippen LogP contribution in [0.5, 0.6) is 0 Å². The van der Waals surface area contributed by atoms with E-state index in [1.807, 2.05) is 0 Å². The molecule has 25 heavy (non-hydrogen) atoms. The summed E-state index contributed by atoms with van der Waals surface area (Å²) in [5, 5.41) is 2.91. The van der Waals surface area contributed by atoms with E-state index in [1.165, 1.54) is 38.5 Å². The number of amides is 1. The van der Waals surface area contributed by atoms with Crippen LogP contribution in [0.3, 0.4) is 0 Å². The van der Waals surface area contributed by atoms with Gasteiger partial charge in [0.25, 0.3) is 0 Å². The van der Waals surface area contributed by atoms with Crippen molar-refractivity contribution in [3.05, 3.63) is 0 Å². The Morgan fingerprint density at radius 2 is 1.92 bits per heavy atom. The van der Waals surface area contributed by atoms with Gasteiger partial charge in [-0.15, -0.1) is 0 Å². The van der Waals surface area contributed by atoms with Crippen molar-refractivity contribution >= 4 is 6.41 Å². The minimum atomic E-state index is -0.227. The van der Waals surface area contributed by atoms with Gasteiger partial charge in [-0.25, -0.2) is 0 Å². The fourth-order valence-corrected chi connectivity index (χ4v) is 4.35. The Bertz CT molecular complexity index is 372. The van der Waals surface area contributed by atoms with Crippen LogP contribution in [0.15, 0.2) is 0 Å². The summed E-state index contributed by atoms with van der Waals surface area (Å²) in [5.74, 6) is 0.653. The average Bonchev–Trinajstić information content (AvgIpc) is 2.55. The van der Waals surface area contributed by atoms with Gasteiger partial charge in [0.1, 0.15) is 6.23 Å². The standard InChI is InChI=1S/C21H41NO3/c1-6-8-10-18(7-2)15-24-13-14-25-19(22-17-23)21(5)12-9-11-20(3,4)16-21/h17-19H,6-16H2,1-5H3,(H,22,23). The van der Waals surface area contributed by atoms with Gasteiger partial charge in [-0.3, -0.25) is 4.79 Å². The van der Waals surface area contributed by atoms with E-state index in [4.69, 9.17) is 9.47 Å². The SMILES string of the molecule is CCCCC(CC)COCCOC(NC=O)C1(C)CCCC(C)(C)C1. The van der Waals surface area contributed by atoms with Crippen LogP contribution in [0.2, 0.25) is 0 Å². The van der Waals surface area contributed by atoms with Crippen molar-refractivity contribution in [3.63, 3.8) is 0 Å². The Morgan fingerprint density at radius 3 is 2.52 bits per heavy atom. The molecule has 0 radical (unpaired) electrons. The first-order chi connectivity index (χ1) is 11.9. The molecule has 148 valence electrons. The van der Waals surface area contributed by atoms with Gasteiger partial charge in [0.2, 0.25) is 6.41 Å². The molecular weight excluding hydrogens is 314 g/mol. The van der Waals surface area contributed by atoms with Gasteiger partial charge in [0.15, 0.2) is 0 Å². The molecule has 1 aliphatic rings. The number of carbonyl (C=O) groups excluding carboxylic acids is 1. The highest BCUT2D eigenvalue weighted by Gasteiger charge is 2.42. The smallest absolute Gasteiger partial charge is 0.209 e. The number of ether oxygens (including phenoxy) is 2. The molecule has 0 aliphatic heterocycles. The molecule has 1 rings (SSSR count). The maximum absolute atomic E-state index is 11.1. The maximum atomic E-state index is 11.1. The molecule has 3 unspecified atom stereocenters. The third kappa shape index (κ3) is 8.08. The minimum absolute atomic E-state index is 0.00423. The molecular formula is C21H41NO3. The van der Waals surface area contributed by atoms with Crippen LogP contribution in [-0.4, -0.2) is 32.5 Å². The third-order valence-corrected chi connectivity index (χ3v) is 5.75. The maximum Gasteiger partial charge on any atom is 0.209 e. The molecule has 0 aromatic heterocycles. The van der Waals surface area contributed by atoms with Crippen molar-refractivity contribution in [1.82, 2.24) is 5.32 Å². The molecule has 0 saturated heterocycles. The molecule has 0 heterocycles. The van der Waals surface area contributed by atoms with Gasteiger partial charge in [0, 0.05) is 12.0 Å². The molecule has 4 heteroatoms. The van der Waals surface area contributed by atoms with E-state index in [2.05, 4.69) is 39.9 Å². The quantitative estimate of drug-likeness (QED) is 0.290. The molecule has 0 bridgehead atoms. The molecule has 0 aromatic rings. The first-order valence-electron chi connectivity index (χ1n) is 10.3. The van der Waals surface area contributed by atoms with Crippen molar-refractivity contribution in [2.45, 2.75) is 92.2 Å². The number of carbonyl (C=O) groups is 1. The molecule has 3 atom stereocenters. The number of unbranched alkanes of at least 4 members (excludes halogenated alkanes) is 1. The predicted octanol–water partition coefficient (Wildman–Crippen LogP) is 4.91. The van der Waals surface area contributed by atoms with Crippen LogP contribution >= 0.6 is 0 Å². The summed E-state index contributed by atoms with van der Waals surface area (Å²) in [6.45, 7) is 13.3. The van der Waals surface area contributed by atoms with Crippen molar-refractivity contribution in [2.24, 2.45) is 16.7 Å². The Balaban J connectivity index is 2.39. The fraction of sp³-hybridized carbons (Fsp3) is 0.952. The topological polar surface area (TPSA) is 47.6 Å². The Hall–Kier alpha value is -0.610. The molecule has 1 saturated carbocycles. The van der Waals surface area contributed by atoms with Crippen molar-refractivity contribution in [3.8, 4) is 0 Å². The summed E-state index contributed by atoms with van der Waals surface area (Å²) >= 11 is 0. The predicted molar refractivity (Wildman–Crippen MR) is 103 cm³/mol. The van der Waals surface area contributed by atoms with Gasteiger partial charge in [-0.2, -0.15) is 0 Å². The second kappa shape index (κ2) is 11.2. The van der Waals surface area contributed by atoms with E-state index in [9.17, 15) is 4.79 Å². The van der Waals surface area contributed by atoms with E-state index >= 15 is 0 Å². The van der Waals surface area contributed by atoms with E-state index < -0.39 is 0 Å². The molecule has 4 nitrogen and oxygen atoms in total. The van der Waals surface area contributed by atoms with Gasteiger partial charge < -0.3 is 14.8 Å². The molecule has 0 aromatic carbocycles. The highest BCUT2D eigenvalue weighted by Crippen LogP contribution is 2.47. The zero-order chi connectivity index (χ0) is 18.8. The number of hydrogen-bond acceptors (Lipinski definition) is 3. The van der Waals surface area contributed by atoms with Crippen molar-refractivity contribution in [2.75, 3.05) is 19.8 Å². The Kier molecular flexibility index (Phi) is 10.0. The summed E-state index contributed by atoms with van der Waals surface area (Å²) in [6, 6.07) is 0. The lowest BCUT2D eigenvalue weighted by Gasteiger charge is -2.46. The second-order valence-corrected chi connectivity index (χ2v) is 8.88. The largest absolute Gasteiger partial charge is 0.379 e. The first-order valence-corrected chi connectivity index (χ1v) is 10.3. The third-order valence-electron chi connectivity index (χ3n) is 5.75. The molecule has 1 amide bonds. The number of nitrogens with one attached hydrogen (secondary N) is 1. The zero-order valence-corrected chi connectivity index (χ0v) is 17.2. The Labute approximate surface area is 155 Å². The monoisotopic (exact) mass is 355 g/mol. The van der Waals surface area contributed by atoms with Crippen molar-refractivity contribution < 1.29 is 14.3 Å². The van der Waals surface area contributed by atoms with E-state index in [0.717, 1.165) is 25.9 Å². The van der Waals surface area contributed by atoms with Gasteiger partial charge in [-0.05, 0) is 37.0 Å². The number of rotatable bonds is 13. The summed E-state index contributed by atoms with van der Waals surface area (Å²) in [5.41, 5.74) is 0.305. The summed E-state index contributed by atoms with van der Waals surface area (Å²) in [4.78, 5) is 11.1. The van der Waals surface area contributed by atoms with Crippen LogP contribution < -0.4 is 5.32 Å². The lowest BCUT2D eigenvalue weighted by molar-refractivity contribution is -0.128. The Morgan fingerprint density at radius 1 is 1.16 bits per heavy atom. The minimum Gasteiger partial charge on any atom is -0.379 e. The van der Waals surface area contributed by atoms with Gasteiger partial charge in [0.05, 0.1) is 13.2 Å². The molecule has 1 N–H and O–H groups in total. The van der Waals surface area contributed by atoms with Crippen LogP contribution in [-0.2, 0) is 14.3 Å². The van der Waals surface area contributed by atoms with Crippen LogP contribution in [0.25, 0.3) is 0 Å².